The molecule has 1 amide bonds. The van der Waals surface area contributed by atoms with Gasteiger partial charge in [-0.2, -0.15) is 0 Å². The van der Waals surface area contributed by atoms with Gasteiger partial charge in [-0.25, -0.2) is 0 Å². The number of nitro benzene ring substituents is 1. The summed E-state index contributed by atoms with van der Waals surface area (Å²) in [6.07, 6.45) is 0. The van der Waals surface area contributed by atoms with Crippen LogP contribution in [-0.2, 0) is 4.79 Å². The highest BCUT2D eigenvalue weighted by Gasteiger charge is 2.17. The van der Waals surface area contributed by atoms with Gasteiger partial charge in [-0.15, -0.1) is 0 Å². The van der Waals surface area contributed by atoms with E-state index in [-0.39, 0.29) is 11.6 Å². The number of carbonyl (C=O) groups excluding carboxylic acids is 1. The minimum Gasteiger partial charge on any atom is -0.310 e. The van der Waals surface area contributed by atoms with Gasteiger partial charge in [0.05, 0.1) is 4.92 Å². The monoisotopic (exact) mass is 224 g/mol. The van der Waals surface area contributed by atoms with Crippen LogP contribution in [0.5, 0.6) is 0 Å². The first kappa shape index (κ1) is 14.1. The van der Waals surface area contributed by atoms with Gasteiger partial charge < -0.3 is 4.90 Å². The molecule has 1 aromatic rings. The van der Waals surface area contributed by atoms with E-state index >= 15 is 0 Å². The molecule has 1 rings (SSSR count). The number of carbonyl (C=O) groups is 1. The first-order valence-electron chi connectivity index (χ1n) is 5.01. The van der Waals surface area contributed by atoms with Crippen molar-refractivity contribution in [3.8, 4) is 0 Å². The fourth-order valence-corrected chi connectivity index (χ4v) is 1.07. The van der Waals surface area contributed by atoms with E-state index in [2.05, 4.69) is 0 Å². The van der Waals surface area contributed by atoms with E-state index in [1.807, 2.05) is 13.8 Å². The second-order valence-electron chi connectivity index (χ2n) is 2.82. The van der Waals surface area contributed by atoms with Gasteiger partial charge in [0.15, 0.2) is 0 Å². The maximum atomic E-state index is 11.0. The van der Waals surface area contributed by atoms with Crippen molar-refractivity contribution < 1.29 is 9.72 Å². The molecule has 0 spiro atoms. The predicted octanol–water partition coefficient (Wildman–Crippen LogP) is 2.60. The third-order valence-corrected chi connectivity index (χ3v) is 1.91. The molecule has 5 nitrogen and oxygen atoms in total. The van der Waals surface area contributed by atoms with Gasteiger partial charge in [0.1, 0.15) is 5.69 Å². The van der Waals surface area contributed by atoms with Crippen LogP contribution in [0.4, 0.5) is 11.4 Å². The number of amides is 1. The second kappa shape index (κ2) is 6.55. The third-order valence-electron chi connectivity index (χ3n) is 1.91. The molecule has 0 unspecified atom stereocenters. The van der Waals surface area contributed by atoms with Crippen LogP contribution in [0, 0.1) is 10.1 Å². The lowest BCUT2D eigenvalue weighted by Gasteiger charge is -2.14. The molecule has 0 aliphatic carbocycles. The highest BCUT2D eigenvalue weighted by molar-refractivity contribution is 5.93. The van der Waals surface area contributed by atoms with Crippen molar-refractivity contribution in [2.75, 3.05) is 11.9 Å². The number of hydrogen-bond acceptors (Lipinski definition) is 3. The van der Waals surface area contributed by atoms with Crippen molar-refractivity contribution in [3.05, 3.63) is 34.4 Å². The number of nitrogens with zero attached hydrogens (tertiary/aromatic N) is 2. The predicted molar refractivity (Wildman–Crippen MR) is 63.5 cm³/mol. The zero-order valence-corrected chi connectivity index (χ0v) is 9.93. The SMILES string of the molecule is CC.CC(=O)N(C)c1ccccc1[N+](=O)[O-]. The Bertz CT molecular complexity index is 377. The average Bonchev–Trinajstić information content (AvgIpc) is 2.30. The molecule has 0 N–H and O–H groups in total. The van der Waals surface area contributed by atoms with Crippen molar-refractivity contribution in [3.63, 3.8) is 0 Å². The van der Waals surface area contributed by atoms with Gasteiger partial charge in [-0.1, -0.05) is 26.0 Å². The fourth-order valence-electron chi connectivity index (χ4n) is 1.07. The van der Waals surface area contributed by atoms with Crippen molar-refractivity contribution >= 4 is 17.3 Å². The van der Waals surface area contributed by atoms with Gasteiger partial charge >= 0.3 is 0 Å². The summed E-state index contributed by atoms with van der Waals surface area (Å²) in [5, 5.41) is 10.6. The lowest BCUT2D eigenvalue weighted by molar-refractivity contribution is -0.384. The summed E-state index contributed by atoms with van der Waals surface area (Å²) in [6.45, 7) is 5.36. The Labute approximate surface area is 94.8 Å². The Morgan fingerprint density at radius 2 is 1.81 bits per heavy atom. The van der Waals surface area contributed by atoms with E-state index in [0.29, 0.717) is 5.69 Å². The van der Waals surface area contributed by atoms with Gasteiger partial charge in [0.25, 0.3) is 5.69 Å². The summed E-state index contributed by atoms with van der Waals surface area (Å²) in [5.41, 5.74) is 0.246. The molecule has 5 heteroatoms. The number of benzene rings is 1. The number of anilines is 1. The van der Waals surface area contributed by atoms with Crippen LogP contribution in [0.15, 0.2) is 24.3 Å². The van der Waals surface area contributed by atoms with Crippen LogP contribution in [-0.4, -0.2) is 17.9 Å². The van der Waals surface area contributed by atoms with Crippen molar-refractivity contribution in [2.24, 2.45) is 0 Å². The van der Waals surface area contributed by atoms with E-state index in [4.69, 9.17) is 0 Å². The van der Waals surface area contributed by atoms with Gasteiger partial charge in [0.2, 0.25) is 5.91 Å². The fraction of sp³-hybridized carbons (Fsp3) is 0.364. The summed E-state index contributed by atoms with van der Waals surface area (Å²) in [6, 6.07) is 6.13. The molecule has 0 saturated heterocycles. The topological polar surface area (TPSA) is 63.5 Å². The molecular formula is C11H16N2O3. The molecule has 1 aromatic carbocycles. The van der Waals surface area contributed by atoms with E-state index in [0.717, 1.165) is 0 Å². The minimum atomic E-state index is -0.505. The number of rotatable bonds is 2. The number of hydrogen-bond donors (Lipinski definition) is 0. The second-order valence-corrected chi connectivity index (χ2v) is 2.82. The lowest BCUT2D eigenvalue weighted by Crippen LogP contribution is -2.23. The molecule has 0 bridgehead atoms. The van der Waals surface area contributed by atoms with E-state index in [1.54, 1.807) is 18.2 Å². The van der Waals surface area contributed by atoms with Crippen LogP contribution < -0.4 is 4.90 Å². The molecule has 16 heavy (non-hydrogen) atoms. The molecule has 0 radical (unpaired) electrons. The minimum absolute atomic E-state index is 0.0646. The smallest absolute Gasteiger partial charge is 0.292 e. The largest absolute Gasteiger partial charge is 0.310 e. The Hall–Kier alpha value is -1.91. The first-order chi connectivity index (χ1) is 7.54. The first-order valence-corrected chi connectivity index (χ1v) is 5.01. The average molecular weight is 224 g/mol. The molecule has 0 aromatic heterocycles. The van der Waals surface area contributed by atoms with E-state index in [9.17, 15) is 14.9 Å². The Morgan fingerprint density at radius 3 is 2.25 bits per heavy atom. The van der Waals surface area contributed by atoms with Gasteiger partial charge in [0, 0.05) is 20.0 Å². The maximum absolute atomic E-state index is 11.0. The third kappa shape index (κ3) is 3.34. The van der Waals surface area contributed by atoms with Crippen molar-refractivity contribution in [1.82, 2.24) is 0 Å². The highest BCUT2D eigenvalue weighted by Crippen LogP contribution is 2.26. The quantitative estimate of drug-likeness (QED) is 0.573. The van der Waals surface area contributed by atoms with Crippen molar-refractivity contribution in [2.45, 2.75) is 20.8 Å². The Kier molecular flexibility index (Phi) is 5.77. The van der Waals surface area contributed by atoms with Gasteiger partial charge in [-0.05, 0) is 6.07 Å². The maximum Gasteiger partial charge on any atom is 0.292 e. The van der Waals surface area contributed by atoms with Crippen LogP contribution in [0.1, 0.15) is 20.8 Å². The van der Waals surface area contributed by atoms with Crippen LogP contribution >= 0.6 is 0 Å². The van der Waals surface area contributed by atoms with Crippen LogP contribution in [0.2, 0.25) is 0 Å². The molecule has 0 heterocycles. The standard InChI is InChI=1S/C9H10N2O3.C2H6/c1-7(12)10(2)8-5-3-4-6-9(8)11(13)14;1-2/h3-6H,1-2H3;1-2H3. The van der Waals surface area contributed by atoms with Crippen molar-refractivity contribution in [1.29, 1.82) is 0 Å². The summed E-state index contributed by atoms with van der Waals surface area (Å²) < 4.78 is 0. The van der Waals surface area contributed by atoms with Gasteiger partial charge in [-0.3, -0.25) is 14.9 Å². The molecule has 88 valence electrons. The molecule has 0 aliphatic heterocycles. The summed E-state index contributed by atoms with van der Waals surface area (Å²) in [5.74, 6) is -0.237. The number of para-hydroxylation sites is 2. The Morgan fingerprint density at radius 1 is 1.31 bits per heavy atom. The number of nitro groups is 1. The van der Waals surface area contributed by atoms with E-state index in [1.165, 1.54) is 24.9 Å². The molecular weight excluding hydrogens is 208 g/mol. The van der Waals surface area contributed by atoms with Crippen LogP contribution in [0.3, 0.4) is 0 Å². The highest BCUT2D eigenvalue weighted by atomic mass is 16.6. The molecule has 0 atom stereocenters. The molecule has 0 aliphatic rings. The lowest BCUT2D eigenvalue weighted by atomic mass is 10.2. The summed E-state index contributed by atoms with van der Waals surface area (Å²) in [4.78, 5) is 22.4. The summed E-state index contributed by atoms with van der Waals surface area (Å²) in [7, 11) is 1.50. The zero-order valence-electron chi connectivity index (χ0n) is 9.93. The Balaban J connectivity index is 0.00000106. The normalized spacial score (nSPS) is 8.75. The molecule has 0 fully saturated rings. The van der Waals surface area contributed by atoms with E-state index < -0.39 is 4.92 Å². The van der Waals surface area contributed by atoms with Crippen LogP contribution in [0.25, 0.3) is 0 Å². The summed E-state index contributed by atoms with van der Waals surface area (Å²) >= 11 is 0. The zero-order chi connectivity index (χ0) is 12.7. The molecule has 0 saturated carbocycles.